The quantitative estimate of drug-likeness (QED) is 0.562. The summed E-state index contributed by atoms with van der Waals surface area (Å²) in [5, 5.41) is 2.96. The molecule has 162 valence electrons. The van der Waals surface area contributed by atoms with Gasteiger partial charge in [-0.05, 0) is 62.6 Å². The summed E-state index contributed by atoms with van der Waals surface area (Å²) < 4.78 is 27.4. The van der Waals surface area contributed by atoms with Crippen LogP contribution in [-0.2, 0) is 16.4 Å². The van der Waals surface area contributed by atoms with Gasteiger partial charge in [-0.25, -0.2) is 8.42 Å². The fraction of sp³-hybridized carbons (Fsp3) is 0.240. The Kier molecular flexibility index (Phi) is 7.13. The Hall–Kier alpha value is -3.12. The molecule has 3 aromatic rings. The predicted octanol–water partition coefficient (Wildman–Crippen LogP) is 4.57. The average molecular weight is 437 g/mol. The van der Waals surface area contributed by atoms with Crippen LogP contribution in [0.2, 0.25) is 0 Å². The topological polar surface area (TPSA) is 66.5 Å². The first kappa shape index (κ1) is 22.6. The van der Waals surface area contributed by atoms with Crippen LogP contribution in [0.4, 0.5) is 5.69 Å². The third-order valence-corrected chi connectivity index (χ3v) is 7.02. The minimum absolute atomic E-state index is 0.0387. The van der Waals surface area contributed by atoms with Crippen LogP contribution in [0, 0.1) is 6.92 Å². The predicted molar refractivity (Wildman–Crippen MR) is 125 cm³/mol. The molecule has 0 heterocycles. The van der Waals surface area contributed by atoms with Crippen molar-refractivity contribution >= 4 is 21.6 Å². The van der Waals surface area contributed by atoms with E-state index in [0.717, 1.165) is 18.4 Å². The summed E-state index contributed by atoms with van der Waals surface area (Å²) in [6.07, 6.45) is 1.65. The Bertz CT molecular complexity index is 1130. The van der Waals surface area contributed by atoms with E-state index >= 15 is 0 Å². The van der Waals surface area contributed by atoms with E-state index in [0.29, 0.717) is 11.3 Å². The van der Waals surface area contributed by atoms with Gasteiger partial charge in [0.2, 0.25) is 0 Å². The number of anilines is 1. The number of rotatable bonds is 8. The number of aryl methyl sites for hydroxylation is 2. The van der Waals surface area contributed by atoms with Gasteiger partial charge in [0.15, 0.2) is 0 Å². The van der Waals surface area contributed by atoms with Crippen molar-refractivity contribution < 1.29 is 13.2 Å². The second kappa shape index (κ2) is 9.79. The molecular weight excluding hydrogens is 408 g/mol. The molecule has 0 unspecified atom stereocenters. The van der Waals surface area contributed by atoms with Crippen molar-refractivity contribution in [2.45, 2.75) is 37.6 Å². The van der Waals surface area contributed by atoms with Crippen LogP contribution in [0.15, 0.2) is 83.8 Å². The number of hydrogen-bond donors (Lipinski definition) is 1. The molecule has 3 rings (SSSR count). The normalized spacial score (nSPS) is 12.2. The van der Waals surface area contributed by atoms with Crippen LogP contribution in [0.1, 0.15) is 34.8 Å². The highest BCUT2D eigenvalue weighted by molar-refractivity contribution is 7.92. The fourth-order valence-electron chi connectivity index (χ4n) is 3.26. The second-order valence-electron chi connectivity index (χ2n) is 7.73. The van der Waals surface area contributed by atoms with Crippen LogP contribution < -0.4 is 9.62 Å². The van der Waals surface area contributed by atoms with Gasteiger partial charge in [0.25, 0.3) is 15.9 Å². The zero-order chi connectivity index (χ0) is 22.4. The maximum absolute atomic E-state index is 13.1. The highest BCUT2D eigenvalue weighted by Crippen LogP contribution is 2.23. The van der Waals surface area contributed by atoms with Gasteiger partial charge in [-0.15, -0.1) is 0 Å². The van der Waals surface area contributed by atoms with Gasteiger partial charge in [0, 0.05) is 18.7 Å². The first-order valence-electron chi connectivity index (χ1n) is 10.3. The number of carbonyl (C=O) groups is 1. The zero-order valence-electron chi connectivity index (χ0n) is 18.1. The number of carbonyl (C=O) groups excluding carboxylic acids is 1. The summed E-state index contributed by atoms with van der Waals surface area (Å²) >= 11 is 0. The minimum Gasteiger partial charge on any atom is -0.350 e. The highest BCUT2D eigenvalue weighted by Gasteiger charge is 2.22. The van der Waals surface area contributed by atoms with Crippen molar-refractivity contribution in [3.63, 3.8) is 0 Å². The van der Waals surface area contributed by atoms with Gasteiger partial charge in [0.05, 0.1) is 10.6 Å². The summed E-state index contributed by atoms with van der Waals surface area (Å²) in [5.41, 5.74) is 3.16. The average Bonchev–Trinajstić information content (AvgIpc) is 2.78. The molecule has 0 saturated heterocycles. The van der Waals surface area contributed by atoms with Crippen LogP contribution >= 0.6 is 0 Å². The van der Waals surface area contributed by atoms with Crippen LogP contribution in [0.25, 0.3) is 0 Å². The number of benzene rings is 3. The molecule has 1 amide bonds. The standard InChI is InChI=1S/C25H28N2O3S/c1-19-12-16-23(17-13-19)27(3)31(29,30)24-11-7-10-22(18-24)25(28)26-20(2)14-15-21-8-5-4-6-9-21/h4-13,16-18,20H,14-15H2,1-3H3,(H,26,28)/t20-/m0/s1. The van der Waals surface area contributed by atoms with Crippen LogP contribution in [-0.4, -0.2) is 27.4 Å². The summed E-state index contributed by atoms with van der Waals surface area (Å²) in [5.74, 6) is -0.282. The van der Waals surface area contributed by atoms with Crippen LogP contribution in [0.5, 0.6) is 0 Å². The van der Waals surface area contributed by atoms with E-state index in [1.54, 1.807) is 24.3 Å². The molecule has 3 aromatic carbocycles. The van der Waals surface area contributed by atoms with E-state index in [-0.39, 0.29) is 16.8 Å². The summed E-state index contributed by atoms with van der Waals surface area (Å²) in [6, 6.07) is 23.5. The van der Waals surface area contributed by atoms with E-state index in [2.05, 4.69) is 17.4 Å². The molecule has 0 bridgehead atoms. The Morgan fingerprint density at radius 1 is 0.968 bits per heavy atom. The Morgan fingerprint density at radius 3 is 2.32 bits per heavy atom. The maximum Gasteiger partial charge on any atom is 0.264 e. The van der Waals surface area contributed by atoms with Crippen molar-refractivity contribution in [2.24, 2.45) is 0 Å². The molecule has 0 fully saturated rings. The van der Waals surface area contributed by atoms with Crippen molar-refractivity contribution in [1.82, 2.24) is 5.32 Å². The van der Waals surface area contributed by atoms with Crippen LogP contribution in [0.3, 0.4) is 0 Å². The molecule has 0 aliphatic rings. The molecule has 0 aromatic heterocycles. The SMILES string of the molecule is Cc1ccc(N(C)S(=O)(=O)c2cccc(C(=O)N[C@@H](C)CCc3ccccc3)c2)cc1. The summed E-state index contributed by atoms with van der Waals surface area (Å²) in [6.45, 7) is 3.90. The van der Waals surface area contributed by atoms with Crippen molar-refractivity contribution in [3.8, 4) is 0 Å². The lowest BCUT2D eigenvalue weighted by Gasteiger charge is -2.20. The van der Waals surface area contributed by atoms with Gasteiger partial charge < -0.3 is 5.32 Å². The van der Waals surface area contributed by atoms with Crippen molar-refractivity contribution in [1.29, 1.82) is 0 Å². The third-order valence-electron chi connectivity index (χ3n) is 5.24. The lowest BCUT2D eigenvalue weighted by Crippen LogP contribution is -2.33. The molecule has 0 radical (unpaired) electrons. The summed E-state index contributed by atoms with van der Waals surface area (Å²) in [4.78, 5) is 12.8. The van der Waals surface area contributed by atoms with Crippen molar-refractivity contribution in [2.75, 3.05) is 11.4 Å². The molecule has 1 N–H and O–H groups in total. The molecular formula is C25H28N2O3S. The molecule has 5 nitrogen and oxygen atoms in total. The van der Waals surface area contributed by atoms with Gasteiger partial charge in [0.1, 0.15) is 0 Å². The minimum atomic E-state index is -3.78. The van der Waals surface area contributed by atoms with E-state index < -0.39 is 10.0 Å². The molecule has 0 aliphatic heterocycles. The molecule has 0 spiro atoms. The van der Waals surface area contributed by atoms with Crippen molar-refractivity contribution in [3.05, 3.63) is 95.6 Å². The maximum atomic E-state index is 13.1. The lowest BCUT2D eigenvalue weighted by molar-refractivity contribution is 0.0938. The van der Waals surface area contributed by atoms with Gasteiger partial charge in [-0.3, -0.25) is 9.10 Å². The number of nitrogens with one attached hydrogen (secondary N) is 1. The molecule has 0 aliphatic carbocycles. The van der Waals surface area contributed by atoms with Gasteiger partial charge in [-0.1, -0.05) is 54.1 Å². The number of amides is 1. The first-order chi connectivity index (χ1) is 14.8. The van der Waals surface area contributed by atoms with E-state index in [1.165, 1.54) is 29.0 Å². The van der Waals surface area contributed by atoms with E-state index in [1.807, 2.05) is 44.2 Å². The summed E-state index contributed by atoms with van der Waals surface area (Å²) in [7, 11) is -2.27. The highest BCUT2D eigenvalue weighted by atomic mass is 32.2. The molecule has 31 heavy (non-hydrogen) atoms. The number of nitrogens with zero attached hydrogens (tertiary/aromatic N) is 1. The lowest BCUT2D eigenvalue weighted by atomic mass is 10.1. The van der Waals surface area contributed by atoms with E-state index in [9.17, 15) is 13.2 Å². The monoisotopic (exact) mass is 436 g/mol. The Morgan fingerprint density at radius 2 is 1.65 bits per heavy atom. The Balaban J connectivity index is 1.69. The smallest absolute Gasteiger partial charge is 0.264 e. The second-order valence-corrected chi connectivity index (χ2v) is 9.70. The molecule has 1 atom stereocenters. The zero-order valence-corrected chi connectivity index (χ0v) is 18.9. The Labute approximate surface area is 184 Å². The largest absolute Gasteiger partial charge is 0.350 e. The first-order valence-corrected chi connectivity index (χ1v) is 11.7. The fourth-order valence-corrected chi connectivity index (χ4v) is 4.50. The van der Waals surface area contributed by atoms with E-state index in [4.69, 9.17) is 0 Å². The molecule has 6 heteroatoms. The number of sulfonamides is 1. The van der Waals surface area contributed by atoms with Gasteiger partial charge in [-0.2, -0.15) is 0 Å². The third kappa shape index (κ3) is 5.73. The molecule has 0 saturated carbocycles. The van der Waals surface area contributed by atoms with Gasteiger partial charge >= 0.3 is 0 Å². The number of hydrogen-bond acceptors (Lipinski definition) is 3.